The number of anilines is 1. The molecule has 0 atom stereocenters. The molecule has 0 aliphatic rings. The summed E-state index contributed by atoms with van der Waals surface area (Å²) >= 11 is 0. The fourth-order valence-electron chi connectivity index (χ4n) is 3.66. The highest BCUT2D eigenvalue weighted by Crippen LogP contribution is 2.16. The van der Waals surface area contributed by atoms with Crippen LogP contribution in [0.4, 0.5) is 5.69 Å². The number of rotatable bonds is 5. The van der Waals surface area contributed by atoms with Crippen LogP contribution in [0, 0.1) is 27.7 Å². The molecular formula is C24H26N2O2. The van der Waals surface area contributed by atoms with Gasteiger partial charge in [-0.2, -0.15) is 0 Å². The van der Waals surface area contributed by atoms with Gasteiger partial charge in [-0.1, -0.05) is 36.4 Å². The van der Waals surface area contributed by atoms with Crippen molar-refractivity contribution in [2.75, 3.05) is 5.32 Å². The van der Waals surface area contributed by atoms with E-state index in [0.717, 1.165) is 23.2 Å². The van der Waals surface area contributed by atoms with Crippen LogP contribution in [0.3, 0.4) is 0 Å². The Kier molecular flexibility index (Phi) is 5.78. The average molecular weight is 374 g/mol. The van der Waals surface area contributed by atoms with Gasteiger partial charge in [0.2, 0.25) is 0 Å². The van der Waals surface area contributed by atoms with Crippen molar-refractivity contribution in [3.8, 4) is 0 Å². The Morgan fingerprint density at radius 1 is 0.929 bits per heavy atom. The molecule has 4 heteroatoms. The summed E-state index contributed by atoms with van der Waals surface area (Å²) in [6.07, 6.45) is 0.837. The Hall–Kier alpha value is -3.14. The van der Waals surface area contributed by atoms with Crippen LogP contribution in [-0.2, 0) is 13.0 Å². The van der Waals surface area contributed by atoms with Crippen molar-refractivity contribution < 1.29 is 4.79 Å². The second kappa shape index (κ2) is 8.26. The van der Waals surface area contributed by atoms with Crippen molar-refractivity contribution in [3.63, 3.8) is 0 Å². The highest BCUT2D eigenvalue weighted by molar-refractivity contribution is 6.05. The van der Waals surface area contributed by atoms with E-state index in [2.05, 4.69) is 17.4 Å². The number of amides is 1. The molecule has 0 fully saturated rings. The largest absolute Gasteiger partial charge is 0.348 e. The van der Waals surface area contributed by atoms with Gasteiger partial charge in [0.1, 0.15) is 5.56 Å². The topological polar surface area (TPSA) is 51.1 Å². The molecular weight excluding hydrogens is 348 g/mol. The van der Waals surface area contributed by atoms with Crippen LogP contribution in [-0.4, -0.2) is 10.5 Å². The Bertz CT molecular complexity index is 1050. The van der Waals surface area contributed by atoms with Crippen LogP contribution in [0.5, 0.6) is 0 Å². The second-order valence-electron chi connectivity index (χ2n) is 7.33. The minimum atomic E-state index is -0.360. The van der Waals surface area contributed by atoms with Gasteiger partial charge < -0.3 is 9.88 Å². The Morgan fingerprint density at radius 2 is 1.57 bits per heavy atom. The predicted molar refractivity (Wildman–Crippen MR) is 114 cm³/mol. The van der Waals surface area contributed by atoms with E-state index in [-0.39, 0.29) is 16.9 Å². The number of aromatic nitrogens is 1. The highest BCUT2D eigenvalue weighted by Gasteiger charge is 2.18. The summed E-state index contributed by atoms with van der Waals surface area (Å²) in [6.45, 7) is 8.43. The van der Waals surface area contributed by atoms with Gasteiger partial charge >= 0.3 is 0 Å². The first-order chi connectivity index (χ1) is 13.3. The van der Waals surface area contributed by atoms with E-state index in [1.165, 1.54) is 5.56 Å². The Balaban J connectivity index is 1.90. The first-order valence-electron chi connectivity index (χ1n) is 9.50. The summed E-state index contributed by atoms with van der Waals surface area (Å²) in [5, 5.41) is 2.89. The molecule has 1 amide bonds. The van der Waals surface area contributed by atoms with E-state index in [4.69, 9.17) is 0 Å². The lowest BCUT2D eigenvalue weighted by molar-refractivity contribution is 0.102. The van der Waals surface area contributed by atoms with Gasteiger partial charge in [-0.15, -0.1) is 0 Å². The van der Waals surface area contributed by atoms with Crippen LogP contribution in [0.25, 0.3) is 0 Å². The number of hydrogen-bond donors (Lipinski definition) is 1. The van der Waals surface area contributed by atoms with Crippen LogP contribution in [0.1, 0.15) is 38.4 Å². The molecule has 0 saturated heterocycles. The molecule has 144 valence electrons. The third kappa shape index (κ3) is 4.39. The summed E-state index contributed by atoms with van der Waals surface area (Å²) in [5.41, 5.74) is 5.58. The molecule has 0 spiro atoms. The predicted octanol–water partition coefficient (Wildman–Crippen LogP) is 4.58. The standard InChI is InChI=1S/C24H26N2O2/c1-16-12-17(2)14-21(13-16)25-24(28)23-19(4)26(18(3)15-22(23)27)11-10-20-8-6-5-7-9-20/h5-9,12-15H,10-11H2,1-4H3,(H,25,28). The third-order valence-corrected chi connectivity index (χ3v) is 4.95. The molecule has 0 radical (unpaired) electrons. The van der Waals surface area contributed by atoms with Crippen LogP contribution >= 0.6 is 0 Å². The number of benzene rings is 2. The van der Waals surface area contributed by atoms with Crippen molar-refractivity contribution in [2.45, 2.75) is 40.7 Å². The van der Waals surface area contributed by atoms with E-state index in [1.807, 2.05) is 68.7 Å². The Labute approximate surface area is 165 Å². The molecule has 3 aromatic rings. The summed E-state index contributed by atoms with van der Waals surface area (Å²) in [5.74, 6) is -0.360. The zero-order chi connectivity index (χ0) is 20.3. The summed E-state index contributed by atoms with van der Waals surface area (Å²) in [4.78, 5) is 25.5. The second-order valence-corrected chi connectivity index (χ2v) is 7.33. The molecule has 0 bridgehead atoms. The molecule has 4 nitrogen and oxygen atoms in total. The lowest BCUT2D eigenvalue weighted by atomic mass is 10.1. The molecule has 0 unspecified atom stereocenters. The lowest BCUT2D eigenvalue weighted by Crippen LogP contribution is -2.27. The van der Waals surface area contributed by atoms with Gasteiger partial charge in [-0.3, -0.25) is 9.59 Å². The SMILES string of the molecule is Cc1cc(C)cc(NC(=O)c2c(C)n(CCc3ccccc3)c(C)cc2=O)c1. The van der Waals surface area contributed by atoms with Gasteiger partial charge in [0.15, 0.2) is 5.43 Å². The number of nitrogens with one attached hydrogen (secondary N) is 1. The van der Waals surface area contributed by atoms with Crippen molar-refractivity contribution in [1.82, 2.24) is 4.57 Å². The number of carbonyl (C=O) groups is 1. The average Bonchev–Trinajstić information content (AvgIpc) is 2.61. The van der Waals surface area contributed by atoms with Crippen LogP contribution < -0.4 is 10.7 Å². The first kappa shape index (κ1) is 19.6. The normalized spacial score (nSPS) is 10.7. The number of pyridine rings is 1. The van der Waals surface area contributed by atoms with E-state index in [1.54, 1.807) is 6.07 Å². The maximum Gasteiger partial charge on any atom is 0.261 e. The summed E-state index contributed by atoms with van der Waals surface area (Å²) in [7, 11) is 0. The minimum Gasteiger partial charge on any atom is -0.348 e. The van der Waals surface area contributed by atoms with Crippen LogP contribution in [0.2, 0.25) is 0 Å². The summed E-state index contributed by atoms with van der Waals surface area (Å²) in [6, 6.07) is 17.6. The molecule has 1 aromatic heterocycles. The molecule has 0 aliphatic carbocycles. The maximum absolute atomic E-state index is 12.9. The number of aryl methyl sites for hydroxylation is 4. The number of hydrogen-bond acceptors (Lipinski definition) is 2. The maximum atomic E-state index is 12.9. The zero-order valence-corrected chi connectivity index (χ0v) is 16.9. The van der Waals surface area contributed by atoms with Crippen LogP contribution in [0.15, 0.2) is 59.4 Å². The quantitative estimate of drug-likeness (QED) is 0.711. The van der Waals surface area contributed by atoms with Gasteiger partial charge in [0, 0.05) is 29.7 Å². The molecule has 3 rings (SSSR count). The fraction of sp³-hybridized carbons (Fsp3) is 0.250. The number of carbonyl (C=O) groups excluding carboxylic acids is 1. The third-order valence-electron chi connectivity index (χ3n) is 4.95. The monoisotopic (exact) mass is 374 g/mol. The molecule has 0 aliphatic heterocycles. The molecule has 28 heavy (non-hydrogen) atoms. The lowest BCUT2D eigenvalue weighted by Gasteiger charge is -2.18. The van der Waals surface area contributed by atoms with E-state index < -0.39 is 0 Å². The zero-order valence-electron chi connectivity index (χ0n) is 16.9. The first-order valence-corrected chi connectivity index (χ1v) is 9.50. The molecule has 2 aromatic carbocycles. The molecule has 0 saturated carbocycles. The highest BCUT2D eigenvalue weighted by atomic mass is 16.2. The van der Waals surface area contributed by atoms with E-state index in [9.17, 15) is 9.59 Å². The van der Waals surface area contributed by atoms with E-state index >= 15 is 0 Å². The molecule has 1 N–H and O–H groups in total. The van der Waals surface area contributed by atoms with Gasteiger partial charge in [0.05, 0.1) is 0 Å². The van der Waals surface area contributed by atoms with Crippen molar-refractivity contribution in [2.24, 2.45) is 0 Å². The fourth-order valence-corrected chi connectivity index (χ4v) is 3.66. The summed E-state index contributed by atoms with van der Waals surface area (Å²) < 4.78 is 2.05. The van der Waals surface area contributed by atoms with Gasteiger partial charge in [-0.25, -0.2) is 0 Å². The Morgan fingerprint density at radius 3 is 2.21 bits per heavy atom. The van der Waals surface area contributed by atoms with Crippen molar-refractivity contribution >= 4 is 11.6 Å². The molecule has 1 heterocycles. The van der Waals surface area contributed by atoms with Gasteiger partial charge in [0.25, 0.3) is 5.91 Å². The smallest absolute Gasteiger partial charge is 0.261 e. The van der Waals surface area contributed by atoms with Gasteiger partial charge in [-0.05, 0) is 62.9 Å². The minimum absolute atomic E-state index is 0.206. The number of nitrogens with zero attached hydrogens (tertiary/aromatic N) is 1. The van der Waals surface area contributed by atoms with Crippen molar-refractivity contribution in [3.05, 3.63) is 98.5 Å². The van der Waals surface area contributed by atoms with E-state index in [0.29, 0.717) is 17.9 Å². The van der Waals surface area contributed by atoms with Crippen molar-refractivity contribution in [1.29, 1.82) is 0 Å².